The highest BCUT2D eigenvalue weighted by Crippen LogP contribution is 2.30. The zero-order chi connectivity index (χ0) is 23.1. The third-order valence-corrected chi connectivity index (χ3v) is 6.84. The molecule has 0 saturated heterocycles. The third-order valence-electron chi connectivity index (χ3n) is 3.99. The van der Waals surface area contributed by atoms with Crippen molar-refractivity contribution in [1.82, 2.24) is 4.13 Å². The van der Waals surface area contributed by atoms with Crippen molar-refractivity contribution in [2.45, 2.75) is 0 Å². The SMILES string of the molecule is COc1cccc(OC)c1C=CS(=O)(=O)NS(=O)(=O)C=Cc1c(OC)cccc1OC. The minimum Gasteiger partial charge on any atom is -0.496 e. The molecule has 0 fully saturated rings. The van der Waals surface area contributed by atoms with Crippen LogP contribution in [0.3, 0.4) is 0 Å². The number of hydrogen-bond donors (Lipinski definition) is 1. The number of benzene rings is 2. The van der Waals surface area contributed by atoms with Gasteiger partial charge in [-0.2, -0.15) is 0 Å². The summed E-state index contributed by atoms with van der Waals surface area (Å²) in [5, 5.41) is 1.42. The van der Waals surface area contributed by atoms with E-state index in [4.69, 9.17) is 18.9 Å². The standard InChI is InChI=1S/C20H23NO8S2/c1-26-17-7-5-8-18(27-2)15(17)11-13-30(22,23)21-31(24,25)14-12-16-19(28-3)9-6-10-20(16)29-4/h5-14,21H,1-4H3. The lowest BCUT2D eigenvalue weighted by Crippen LogP contribution is -2.27. The molecule has 2 aromatic rings. The van der Waals surface area contributed by atoms with Gasteiger partial charge in [0.15, 0.2) is 0 Å². The Labute approximate surface area is 182 Å². The van der Waals surface area contributed by atoms with E-state index in [9.17, 15) is 16.8 Å². The highest BCUT2D eigenvalue weighted by Gasteiger charge is 2.17. The second kappa shape index (κ2) is 10.3. The smallest absolute Gasteiger partial charge is 0.246 e. The monoisotopic (exact) mass is 469 g/mol. The van der Waals surface area contributed by atoms with E-state index >= 15 is 0 Å². The Hall–Kier alpha value is -3.02. The average molecular weight is 470 g/mol. The van der Waals surface area contributed by atoms with Crippen molar-refractivity contribution in [1.29, 1.82) is 0 Å². The van der Waals surface area contributed by atoms with E-state index in [1.165, 1.54) is 40.6 Å². The molecule has 0 unspecified atom stereocenters. The number of hydrogen-bond acceptors (Lipinski definition) is 8. The number of nitrogens with one attached hydrogen (secondary N) is 1. The van der Waals surface area contributed by atoms with E-state index < -0.39 is 20.0 Å². The minimum atomic E-state index is -4.37. The third kappa shape index (κ3) is 6.48. The van der Waals surface area contributed by atoms with Crippen LogP contribution >= 0.6 is 0 Å². The normalized spacial score (nSPS) is 12.3. The van der Waals surface area contributed by atoms with Crippen molar-refractivity contribution in [2.75, 3.05) is 28.4 Å². The maximum absolute atomic E-state index is 12.3. The van der Waals surface area contributed by atoms with E-state index in [0.29, 0.717) is 44.9 Å². The van der Waals surface area contributed by atoms with Crippen molar-refractivity contribution in [3.63, 3.8) is 0 Å². The molecular formula is C20H23NO8S2. The molecule has 0 spiro atoms. The molecule has 0 bridgehead atoms. The van der Waals surface area contributed by atoms with Crippen LogP contribution in [0.4, 0.5) is 0 Å². The number of sulfonamides is 2. The van der Waals surface area contributed by atoms with E-state index in [0.717, 1.165) is 0 Å². The Morgan fingerprint density at radius 2 is 0.903 bits per heavy atom. The molecule has 31 heavy (non-hydrogen) atoms. The Morgan fingerprint density at radius 1 is 0.613 bits per heavy atom. The Morgan fingerprint density at radius 3 is 1.16 bits per heavy atom. The molecule has 2 aromatic carbocycles. The van der Waals surface area contributed by atoms with Gasteiger partial charge in [-0.1, -0.05) is 12.1 Å². The van der Waals surface area contributed by atoms with Gasteiger partial charge >= 0.3 is 0 Å². The second-order valence-electron chi connectivity index (χ2n) is 5.93. The summed E-state index contributed by atoms with van der Waals surface area (Å²) in [5.41, 5.74) is 0.675. The second-order valence-corrected chi connectivity index (χ2v) is 9.32. The first-order valence-electron chi connectivity index (χ1n) is 8.73. The molecule has 0 radical (unpaired) electrons. The minimum absolute atomic E-state index is 0.338. The lowest BCUT2D eigenvalue weighted by Gasteiger charge is -2.10. The van der Waals surface area contributed by atoms with Crippen molar-refractivity contribution >= 4 is 32.2 Å². The van der Waals surface area contributed by atoms with E-state index in [-0.39, 0.29) is 0 Å². The topological polar surface area (TPSA) is 117 Å². The summed E-state index contributed by atoms with van der Waals surface area (Å²) in [7, 11) is -3.07. The fourth-order valence-corrected chi connectivity index (χ4v) is 4.99. The summed E-state index contributed by atoms with van der Waals surface area (Å²) < 4.78 is 71.7. The summed E-state index contributed by atoms with van der Waals surface area (Å²) in [5.74, 6) is 1.43. The Balaban J connectivity index is 2.30. The first kappa shape index (κ1) is 24.3. The first-order chi connectivity index (χ1) is 14.7. The van der Waals surface area contributed by atoms with Gasteiger partial charge in [0.25, 0.3) is 0 Å². The van der Waals surface area contributed by atoms with Crippen LogP contribution in [0.5, 0.6) is 23.0 Å². The van der Waals surface area contributed by atoms with E-state index in [2.05, 4.69) is 0 Å². The molecule has 0 atom stereocenters. The number of ether oxygens (including phenoxy) is 4. The van der Waals surface area contributed by atoms with Crippen molar-refractivity contribution in [2.24, 2.45) is 0 Å². The summed E-state index contributed by atoms with van der Waals surface area (Å²) in [4.78, 5) is 0. The molecule has 2 rings (SSSR count). The van der Waals surface area contributed by atoms with Gasteiger partial charge in [-0.3, -0.25) is 0 Å². The van der Waals surface area contributed by atoms with Gasteiger partial charge in [0.2, 0.25) is 20.0 Å². The summed E-state index contributed by atoms with van der Waals surface area (Å²) in [6.45, 7) is 0. The highest BCUT2D eigenvalue weighted by atomic mass is 32.3. The van der Waals surface area contributed by atoms with Crippen LogP contribution in [0.15, 0.2) is 47.2 Å². The van der Waals surface area contributed by atoms with Gasteiger partial charge in [0.05, 0.1) is 39.6 Å². The van der Waals surface area contributed by atoms with Crippen LogP contribution < -0.4 is 23.1 Å². The predicted molar refractivity (Wildman–Crippen MR) is 118 cm³/mol. The predicted octanol–water partition coefficient (Wildman–Crippen LogP) is 2.61. The van der Waals surface area contributed by atoms with Gasteiger partial charge in [0.1, 0.15) is 23.0 Å². The molecular weight excluding hydrogens is 446 g/mol. The molecule has 9 nitrogen and oxygen atoms in total. The molecule has 1 N–H and O–H groups in total. The largest absolute Gasteiger partial charge is 0.496 e. The summed E-state index contributed by atoms with van der Waals surface area (Å²) in [6, 6.07) is 9.79. The van der Waals surface area contributed by atoms with Gasteiger partial charge in [-0.15, -0.1) is 4.13 Å². The van der Waals surface area contributed by atoms with Crippen LogP contribution in [0.2, 0.25) is 0 Å². The molecule has 0 amide bonds. The van der Waals surface area contributed by atoms with Gasteiger partial charge in [-0.05, 0) is 36.4 Å². The molecule has 0 aliphatic rings. The van der Waals surface area contributed by atoms with Crippen LogP contribution in [-0.4, -0.2) is 45.3 Å². The van der Waals surface area contributed by atoms with Gasteiger partial charge in [0, 0.05) is 10.8 Å². The van der Waals surface area contributed by atoms with Gasteiger partial charge in [-0.25, -0.2) is 16.8 Å². The molecule has 11 heteroatoms. The number of rotatable bonds is 10. The number of methoxy groups -OCH3 is 4. The van der Waals surface area contributed by atoms with Crippen molar-refractivity contribution < 1.29 is 35.8 Å². The lowest BCUT2D eigenvalue weighted by molar-refractivity contribution is 0.392. The zero-order valence-corrected chi connectivity index (χ0v) is 19.0. The Bertz CT molecular complexity index is 1050. The molecule has 0 aliphatic carbocycles. The van der Waals surface area contributed by atoms with Crippen LogP contribution in [0, 0.1) is 0 Å². The van der Waals surface area contributed by atoms with E-state index in [1.54, 1.807) is 40.5 Å². The van der Waals surface area contributed by atoms with Crippen molar-refractivity contribution in [3.05, 3.63) is 58.3 Å². The van der Waals surface area contributed by atoms with Crippen LogP contribution in [0.25, 0.3) is 12.2 Å². The maximum atomic E-state index is 12.3. The zero-order valence-electron chi connectivity index (χ0n) is 17.4. The molecule has 168 valence electrons. The fourth-order valence-electron chi connectivity index (χ4n) is 2.62. The lowest BCUT2D eigenvalue weighted by atomic mass is 10.2. The Kier molecular flexibility index (Phi) is 8.08. The van der Waals surface area contributed by atoms with Crippen LogP contribution in [0.1, 0.15) is 11.1 Å². The fraction of sp³-hybridized carbons (Fsp3) is 0.200. The van der Waals surface area contributed by atoms with Gasteiger partial charge < -0.3 is 18.9 Å². The van der Waals surface area contributed by atoms with Crippen molar-refractivity contribution in [3.8, 4) is 23.0 Å². The molecule has 0 aliphatic heterocycles. The summed E-state index contributed by atoms with van der Waals surface area (Å²) >= 11 is 0. The summed E-state index contributed by atoms with van der Waals surface area (Å²) in [6.07, 6.45) is 2.37. The van der Waals surface area contributed by atoms with Crippen LogP contribution in [-0.2, 0) is 20.0 Å². The quantitative estimate of drug-likeness (QED) is 0.564. The maximum Gasteiger partial charge on any atom is 0.246 e. The first-order valence-corrected chi connectivity index (χ1v) is 11.8. The average Bonchev–Trinajstić information content (AvgIpc) is 2.74. The molecule has 0 saturated carbocycles. The molecule has 0 aromatic heterocycles. The van der Waals surface area contributed by atoms with E-state index in [1.807, 2.05) is 0 Å². The molecule has 0 heterocycles. The highest BCUT2D eigenvalue weighted by molar-refractivity contribution is 8.07.